The van der Waals surface area contributed by atoms with Crippen molar-refractivity contribution in [1.82, 2.24) is 4.31 Å². The average molecular weight is 405 g/mol. The lowest BCUT2D eigenvalue weighted by molar-refractivity contribution is -0.901. The monoisotopic (exact) mass is 404 g/mol. The highest BCUT2D eigenvalue weighted by Crippen LogP contribution is 2.16. The molecule has 0 amide bonds. The van der Waals surface area contributed by atoms with Crippen molar-refractivity contribution in [2.45, 2.75) is 23.9 Å². The van der Waals surface area contributed by atoms with Gasteiger partial charge >= 0.3 is 0 Å². The molecule has 0 bridgehead atoms. The number of quaternary nitrogens is 1. The molecule has 2 aliphatic heterocycles. The van der Waals surface area contributed by atoms with Crippen molar-refractivity contribution in [2.75, 3.05) is 44.7 Å². The van der Waals surface area contributed by atoms with E-state index in [1.54, 1.807) is 17.2 Å². The molecule has 7 nitrogen and oxygen atoms in total. The van der Waals surface area contributed by atoms with E-state index in [0.29, 0.717) is 37.2 Å². The number of sulfonamides is 1. The smallest absolute Gasteiger partial charge is 0.272 e. The molecule has 3 heterocycles. The van der Waals surface area contributed by atoms with E-state index in [4.69, 9.17) is 4.74 Å². The molecule has 1 unspecified atom stereocenters. The van der Waals surface area contributed by atoms with Gasteiger partial charge in [-0.2, -0.15) is 4.31 Å². The van der Waals surface area contributed by atoms with Crippen LogP contribution in [0.5, 0.6) is 0 Å². The Labute approximate surface area is 166 Å². The molecular formula is C20H28N4O3S+2. The number of anilines is 1. The van der Waals surface area contributed by atoms with Crippen LogP contribution in [-0.4, -0.2) is 58.2 Å². The van der Waals surface area contributed by atoms with Gasteiger partial charge in [0.1, 0.15) is 30.2 Å². The van der Waals surface area contributed by atoms with Gasteiger partial charge < -0.3 is 9.64 Å². The normalized spacial score (nSPS) is 23.6. The van der Waals surface area contributed by atoms with E-state index in [-0.39, 0.29) is 0 Å². The van der Waals surface area contributed by atoms with Crippen LogP contribution in [0.4, 0.5) is 5.82 Å². The highest BCUT2D eigenvalue weighted by atomic mass is 32.2. The molecule has 0 saturated carbocycles. The van der Waals surface area contributed by atoms with Crippen molar-refractivity contribution >= 4 is 15.8 Å². The van der Waals surface area contributed by atoms with Gasteiger partial charge in [-0.15, -0.1) is 0 Å². The van der Waals surface area contributed by atoms with E-state index in [9.17, 15) is 8.42 Å². The topological polar surface area (TPSA) is 77.2 Å². The van der Waals surface area contributed by atoms with Crippen molar-refractivity contribution in [3.05, 3.63) is 54.2 Å². The summed E-state index contributed by atoms with van der Waals surface area (Å²) in [5.74, 6) is 0.854. The number of hydrogen-bond donors (Lipinski definition) is 2. The number of H-pyrrole nitrogens is 1. The van der Waals surface area contributed by atoms with E-state index in [0.717, 1.165) is 31.9 Å². The number of benzene rings is 1. The molecule has 0 aliphatic carbocycles. The van der Waals surface area contributed by atoms with Crippen molar-refractivity contribution in [3.8, 4) is 0 Å². The maximum absolute atomic E-state index is 12.7. The Morgan fingerprint density at radius 2 is 1.93 bits per heavy atom. The Morgan fingerprint density at radius 3 is 2.64 bits per heavy atom. The zero-order valence-electron chi connectivity index (χ0n) is 15.9. The lowest BCUT2D eigenvalue weighted by atomic mass is 10.2. The molecule has 3 N–H and O–H groups in total. The molecule has 2 aliphatic rings. The van der Waals surface area contributed by atoms with Crippen LogP contribution in [0.15, 0.2) is 53.6 Å². The first-order chi connectivity index (χ1) is 13.6. The Hall–Kier alpha value is -2.00. The molecular weight excluding hydrogens is 376 g/mol. The predicted octanol–water partition coefficient (Wildman–Crippen LogP) is -0.209. The van der Waals surface area contributed by atoms with Crippen LogP contribution in [0.25, 0.3) is 0 Å². The molecule has 28 heavy (non-hydrogen) atoms. The number of nitrogens with one attached hydrogen (secondary N) is 3. The lowest BCUT2D eigenvalue weighted by Gasteiger charge is -2.25. The quantitative estimate of drug-likeness (QED) is 0.699. The van der Waals surface area contributed by atoms with Crippen LogP contribution in [0.2, 0.25) is 0 Å². The van der Waals surface area contributed by atoms with Gasteiger partial charge in [0, 0.05) is 31.1 Å². The Kier molecular flexibility index (Phi) is 5.91. The van der Waals surface area contributed by atoms with Gasteiger partial charge in [-0.1, -0.05) is 30.3 Å². The Balaban J connectivity index is 1.33. The van der Waals surface area contributed by atoms with Crippen molar-refractivity contribution in [2.24, 2.45) is 0 Å². The first-order valence-corrected chi connectivity index (χ1v) is 11.3. The molecule has 0 radical (unpaired) electrons. The summed E-state index contributed by atoms with van der Waals surface area (Å²) in [5, 5.41) is 3.51. The van der Waals surface area contributed by atoms with Crippen LogP contribution in [0, 0.1) is 0 Å². The molecule has 2 atom stereocenters. The van der Waals surface area contributed by atoms with Crippen molar-refractivity contribution in [1.29, 1.82) is 0 Å². The van der Waals surface area contributed by atoms with E-state index in [1.165, 1.54) is 9.87 Å². The maximum Gasteiger partial charge on any atom is 0.272 e. The summed E-state index contributed by atoms with van der Waals surface area (Å²) in [6.45, 7) is 4.94. The minimum atomic E-state index is -3.46. The van der Waals surface area contributed by atoms with E-state index in [2.05, 4.69) is 34.6 Å². The number of aromatic nitrogens is 1. The predicted molar refractivity (Wildman–Crippen MR) is 105 cm³/mol. The van der Waals surface area contributed by atoms with Gasteiger partial charge in [0.15, 0.2) is 0 Å². The van der Waals surface area contributed by atoms with Crippen LogP contribution >= 0.6 is 0 Å². The number of hydrogen-bond acceptors (Lipinski definition) is 4. The van der Waals surface area contributed by atoms with Crippen LogP contribution in [-0.2, 0) is 21.3 Å². The lowest BCUT2D eigenvalue weighted by Crippen LogP contribution is -3.09. The van der Waals surface area contributed by atoms with Crippen molar-refractivity contribution in [3.63, 3.8) is 0 Å². The molecule has 4 rings (SSSR count). The van der Waals surface area contributed by atoms with E-state index >= 15 is 0 Å². The summed E-state index contributed by atoms with van der Waals surface area (Å²) >= 11 is 0. The minimum absolute atomic E-state index is 0.294. The van der Waals surface area contributed by atoms with Crippen LogP contribution in [0.1, 0.15) is 12.0 Å². The van der Waals surface area contributed by atoms with Crippen molar-refractivity contribution < 1.29 is 23.0 Å². The summed E-state index contributed by atoms with van der Waals surface area (Å²) in [5.41, 5.74) is 1.36. The molecule has 2 saturated heterocycles. The second-order valence-corrected chi connectivity index (χ2v) is 9.39. The zero-order valence-corrected chi connectivity index (χ0v) is 16.7. The number of pyridine rings is 1. The van der Waals surface area contributed by atoms with E-state index in [1.807, 2.05) is 12.1 Å². The SMILES string of the molecule is O=S(=O)(c1ccc(N[C@@H]2CC[NH+](Cc3ccccc3)C2)[nH+]c1)N1CCOCC1. The number of rotatable bonds is 6. The van der Waals surface area contributed by atoms with Gasteiger partial charge in [0.2, 0.25) is 10.0 Å². The average Bonchev–Trinajstić information content (AvgIpc) is 3.16. The molecule has 0 spiro atoms. The second kappa shape index (κ2) is 8.57. The molecule has 150 valence electrons. The van der Waals surface area contributed by atoms with Crippen LogP contribution in [0.3, 0.4) is 0 Å². The minimum Gasteiger partial charge on any atom is -0.379 e. The number of ether oxygens (including phenoxy) is 1. The third kappa shape index (κ3) is 4.52. The molecule has 1 aromatic heterocycles. The summed E-state index contributed by atoms with van der Waals surface area (Å²) < 4.78 is 32.1. The Morgan fingerprint density at radius 1 is 1.14 bits per heavy atom. The van der Waals surface area contributed by atoms with Gasteiger partial charge in [0.05, 0.1) is 19.8 Å². The van der Waals surface area contributed by atoms with Gasteiger partial charge in [0.25, 0.3) is 5.82 Å². The van der Waals surface area contributed by atoms with Gasteiger partial charge in [-0.3, -0.25) is 5.32 Å². The Bertz CT molecular complexity index is 868. The summed E-state index contributed by atoms with van der Waals surface area (Å²) in [6, 6.07) is 14.5. The summed E-state index contributed by atoms with van der Waals surface area (Å²) in [6.07, 6.45) is 2.68. The largest absolute Gasteiger partial charge is 0.379 e. The summed E-state index contributed by atoms with van der Waals surface area (Å²) in [4.78, 5) is 4.98. The van der Waals surface area contributed by atoms with E-state index < -0.39 is 10.0 Å². The first-order valence-electron chi connectivity index (χ1n) is 9.85. The first kappa shape index (κ1) is 19.3. The van der Waals surface area contributed by atoms with Gasteiger partial charge in [-0.25, -0.2) is 13.4 Å². The van der Waals surface area contributed by atoms with Crippen LogP contribution < -0.4 is 15.2 Å². The molecule has 2 fully saturated rings. The second-order valence-electron chi connectivity index (χ2n) is 7.45. The fourth-order valence-electron chi connectivity index (χ4n) is 3.92. The third-order valence-electron chi connectivity index (χ3n) is 5.43. The fourth-order valence-corrected chi connectivity index (χ4v) is 5.29. The summed E-state index contributed by atoms with van der Waals surface area (Å²) in [7, 11) is -3.46. The maximum atomic E-state index is 12.7. The molecule has 8 heteroatoms. The fraction of sp³-hybridized carbons (Fsp3) is 0.450. The third-order valence-corrected chi connectivity index (χ3v) is 7.32. The molecule has 1 aromatic carbocycles. The van der Waals surface area contributed by atoms with Gasteiger partial charge in [-0.05, 0) is 6.07 Å². The molecule has 2 aromatic rings. The number of likely N-dealkylation sites (tertiary alicyclic amines) is 1. The number of morpholine rings is 1. The number of nitrogens with zero attached hydrogens (tertiary/aromatic N) is 1. The number of aromatic amines is 1. The zero-order chi connectivity index (χ0) is 19.4. The standard InChI is InChI=1S/C20H26N4O3S/c25-28(26,24-10-12-27-13-11-24)19-6-7-20(21-14-19)22-18-8-9-23(16-18)15-17-4-2-1-3-5-17/h1-7,14,18H,8-13,15-16H2,(H,21,22)/p+2/t18-/m1/s1. The highest BCUT2D eigenvalue weighted by Gasteiger charge is 2.30. The highest BCUT2D eigenvalue weighted by molar-refractivity contribution is 7.89.